The molecule has 0 saturated carbocycles. The molecule has 0 aromatic heterocycles. The first-order valence-electron chi connectivity index (χ1n) is 6.34. The second-order valence-corrected chi connectivity index (χ2v) is 4.40. The van der Waals surface area contributed by atoms with Crippen molar-refractivity contribution in [2.75, 3.05) is 44.4 Å². The number of hydrogen-bond acceptors (Lipinski definition) is 6. The molecule has 6 heteroatoms. The van der Waals surface area contributed by atoms with Crippen molar-refractivity contribution >= 4 is 11.4 Å². The fourth-order valence-electron chi connectivity index (χ4n) is 2.10. The van der Waals surface area contributed by atoms with Gasteiger partial charge in [-0.2, -0.15) is 0 Å². The highest BCUT2D eigenvalue weighted by Crippen LogP contribution is 2.25. The van der Waals surface area contributed by atoms with Crippen molar-refractivity contribution in [3.63, 3.8) is 0 Å². The number of nitrogens with two attached hydrogens (primary N) is 2. The molecule has 7 N–H and O–H groups in total. The molecule has 0 saturated heterocycles. The highest BCUT2D eigenvalue weighted by Gasteiger charge is 2.13. The van der Waals surface area contributed by atoms with Gasteiger partial charge in [0.05, 0.1) is 13.2 Å². The molecule has 0 aliphatic carbocycles. The molecule has 1 aromatic rings. The van der Waals surface area contributed by atoms with Gasteiger partial charge in [-0.3, -0.25) is 4.90 Å². The summed E-state index contributed by atoms with van der Waals surface area (Å²) in [5.41, 5.74) is 14.8. The van der Waals surface area contributed by atoms with Crippen LogP contribution in [-0.2, 0) is 13.0 Å². The Morgan fingerprint density at radius 1 is 0.842 bits per heavy atom. The van der Waals surface area contributed by atoms with Crippen molar-refractivity contribution in [2.45, 2.75) is 13.0 Å². The van der Waals surface area contributed by atoms with Crippen molar-refractivity contribution in [2.24, 2.45) is 0 Å². The number of benzene rings is 1. The molecule has 0 aliphatic heterocycles. The molecule has 0 atom stereocenters. The lowest BCUT2D eigenvalue weighted by molar-refractivity contribution is 0.155. The van der Waals surface area contributed by atoms with E-state index < -0.39 is 0 Å². The van der Waals surface area contributed by atoms with Crippen LogP contribution < -0.4 is 11.5 Å². The predicted molar refractivity (Wildman–Crippen MR) is 75.5 cm³/mol. The molecule has 0 spiro atoms. The first-order valence-corrected chi connectivity index (χ1v) is 6.34. The van der Waals surface area contributed by atoms with E-state index in [4.69, 9.17) is 26.8 Å². The Morgan fingerprint density at radius 3 is 1.84 bits per heavy atom. The minimum absolute atomic E-state index is 0.000648. The number of nitrogens with zero attached hydrogens (tertiary/aromatic N) is 1. The molecule has 1 aromatic carbocycles. The summed E-state index contributed by atoms with van der Waals surface area (Å²) in [5, 5.41) is 27.1. The molecular weight excluding hydrogens is 246 g/mol. The number of aliphatic hydroxyl groups is 3. The van der Waals surface area contributed by atoms with Gasteiger partial charge in [0.15, 0.2) is 0 Å². The molecule has 0 heterocycles. The summed E-state index contributed by atoms with van der Waals surface area (Å²) >= 11 is 0. The number of nitrogen functional groups attached to an aromatic ring is 2. The third kappa shape index (κ3) is 4.36. The van der Waals surface area contributed by atoms with Gasteiger partial charge in [-0.15, -0.1) is 0 Å². The Kier molecular flexibility index (Phi) is 6.58. The van der Waals surface area contributed by atoms with Crippen LogP contribution in [0, 0.1) is 0 Å². The van der Waals surface area contributed by atoms with Gasteiger partial charge in [0.2, 0.25) is 0 Å². The zero-order chi connectivity index (χ0) is 14.3. The van der Waals surface area contributed by atoms with Crippen LogP contribution in [0.2, 0.25) is 0 Å². The van der Waals surface area contributed by atoms with Crippen molar-refractivity contribution < 1.29 is 15.3 Å². The maximum absolute atomic E-state index is 9.11. The molecule has 0 fully saturated rings. The first kappa shape index (κ1) is 15.7. The topological polar surface area (TPSA) is 116 Å². The first-order chi connectivity index (χ1) is 9.13. The van der Waals surface area contributed by atoms with Crippen LogP contribution in [0.15, 0.2) is 12.1 Å². The van der Waals surface area contributed by atoms with Crippen LogP contribution in [0.5, 0.6) is 0 Å². The largest absolute Gasteiger partial charge is 0.398 e. The second kappa shape index (κ2) is 7.96. The van der Waals surface area contributed by atoms with Crippen molar-refractivity contribution in [3.05, 3.63) is 23.3 Å². The maximum atomic E-state index is 9.11. The molecule has 6 nitrogen and oxygen atoms in total. The molecule has 0 bridgehead atoms. The Labute approximate surface area is 113 Å². The Balaban J connectivity index is 2.99. The van der Waals surface area contributed by atoms with Crippen molar-refractivity contribution in [3.8, 4) is 0 Å². The quantitative estimate of drug-likeness (QED) is 0.393. The molecule has 1 rings (SSSR count). The molecule has 19 heavy (non-hydrogen) atoms. The Bertz CT molecular complexity index is 393. The molecule has 0 radical (unpaired) electrons. The van der Waals surface area contributed by atoms with Crippen LogP contribution in [0.4, 0.5) is 11.4 Å². The fourth-order valence-corrected chi connectivity index (χ4v) is 2.10. The van der Waals surface area contributed by atoms with E-state index in [2.05, 4.69) is 0 Å². The normalized spacial score (nSPS) is 11.2. The molecule has 0 unspecified atom stereocenters. The zero-order valence-corrected chi connectivity index (χ0v) is 11.0. The third-order valence-corrected chi connectivity index (χ3v) is 3.08. The van der Waals surface area contributed by atoms with E-state index in [1.165, 1.54) is 0 Å². The number of rotatable bonds is 8. The standard InChI is InChI=1S/C13H23N3O3/c14-12-1-2-13(15)11(10(12)3-6-17)9-16(4-7-18)5-8-19/h1-2,17-19H,3-9,14-15H2. The molecular formula is C13H23N3O3. The van der Waals surface area contributed by atoms with Crippen LogP contribution >= 0.6 is 0 Å². The summed E-state index contributed by atoms with van der Waals surface area (Å²) in [7, 11) is 0. The van der Waals surface area contributed by atoms with Gasteiger partial charge in [-0.1, -0.05) is 0 Å². The predicted octanol–water partition coefficient (Wildman–Crippen LogP) is -0.828. The smallest absolute Gasteiger partial charge is 0.0558 e. The van der Waals surface area contributed by atoms with Gasteiger partial charge < -0.3 is 26.8 Å². The van der Waals surface area contributed by atoms with Gasteiger partial charge in [0.25, 0.3) is 0 Å². The molecule has 0 aliphatic rings. The van der Waals surface area contributed by atoms with E-state index in [1.54, 1.807) is 12.1 Å². The fraction of sp³-hybridized carbons (Fsp3) is 0.538. The van der Waals surface area contributed by atoms with E-state index in [0.717, 1.165) is 11.1 Å². The van der Waals surface area contributed by atoms with E-state index in [-0.39, 0.29) is 19.8 Å². The SMILES string of the molecule is Nc1ccc(N)c(CN(CCO)CCO)c1CCO. The Morgan fingerprint density at radius 2 is 1.37 bits per heavy atom. The zero-order valence-electron chi connectivity index (χ0n) is 11.0. The van der Waals surface area contributed by atoms with Crippen LogP contribution in [0.25, 0.3) is 0 Å². The minimum Gasteiger partial charge on any atom is -0.398 e. The van der Waals surface area contributed by atoms with E-state index in [0.29, 0.717) is 37.4 Å². The highest BCUT2D eigenvalue weighted by atomic mass is 16.3. The van der Waals surface area contributed by atoms with Gasteiger partial charge in [0, 0.05) is 37.6 Å². The van der Waals surface area contributed by atoms with Crippen LogP contribution in [0.1, 0.15) is 11.1 Å². The van der Waals surface area contributed by atoms with Gasteiger partial charge in [0.1, 0.15) is 0 Å². The van der Waals surface area contributed by atoms with Crippen molar-refractivity contribution in [1.29, 1.82) is 0 Å². The summed E-state index contributed by atoms with van der Waals surface area (Å²) < 4.78 is 0. The van der Waals surface area contributed by atoms with E-state index in [1.807, 2.05) is 4.90 Å². The van der Waals surface area contributed by atoms with Gasteiger partial charge in [-0.25, -0.2) is 0 Å². The van der Waals surface area contributed by atoms with E-state index in [9.17, 15) is 0 Å². The lowest BCUT2D eigenvalue weighted by Gasteiger charge is -2.23. The average Bonchev–Trinajstić information content (AvgIpc) is 2.38. The maximum Gasteiger partial charge on any atom is 0.0558 e. The summed E-state index contributed by atoms with van der Waals surface area (Å²) in [6.45, 7) is 1.42. The monoisotopic (exact) mass is 269 g/mol. The van der Waals surface area contributed by atoms with E-state index >= 15 is 0 Å². The Hall–Kier alpha value is -1.34. The molecule has 0 amide bonds. The average molecular weight is 269 g/mol. The highest BCUT2D eigenvalue weighted by molar-refractivity contribution is 5.62. The lowest BCUT2D eigenvalue weighted by atomic mass is 10.00. The third-order valence-electron chi connectivity index (χ3n) is 3.08. The summed E-state index contributed by atoms with van der Waals surface area (Å²) in [4.78, 5) is 1.89. The second-order valence-electron chi connectivity index (χ2n) is 4.40. The van der Waals surface area contributed by atoms with Gasteiger partial charge >= 0.3 is 0 Å². The minimum atomic E-state index is 0.000648. The van der Waals surface area contributed by atoms with Gasteiger partial charge in [-0.05, 0) is 29.7 Å². The van der Waals surface area contributed by atoms with Crippen LogP contribution in [-0.4, -0.2) is 53.1 Å². The van der Waals surface area contributed by atoms with Crippen LogP contribution in [0.3, 0.4) is 0 Å². The summed E-state index contributed by atoms with van der Waals surface area (Å²) in [5.74, 6) is 0. The number of anilines is 2. The number of hydrogen-bond donors (Lipinski definition) is 5. The lowest BCUT2D eigenvalue weighted by Crippen LogP contribution is -2.30. The summed E-state index contributed by atoms with van der Waals surface area (Å²) in [6.07, 6.45) is 0.443. The molecule has 108 valence electrons. The van der Waals surface area contributed by atoms with Crippen molar-refractivity contribution in [1.82, 2.24) is 4.90 Å². The summed E-state index contributed by atoms with van der Waals surface area (Å²) in [6, 6.07) is 3.47. The number of aliphatic hydroxyl groups excluding tert-OH is 3.